The zero-order chi connectivity index (χ0) is 11.4. The maximum atomic E-state index is 5.79. The Balaban J connectivity index is 2.11. The lowest BCUT2D eigenvalue weighted by Crippen LogP contribution is -2.28. The van der Waals surface area contributed by atoms with Crippen LogP contribution in [-0.4, -0.2) is 18.1 Å². The van der Waals surface area contributed by atoms with Crippen LogP contribution in [0.3, 0.4) is 0 Å². The van der Waals surface area contributed by atoms with E-state index in [1.165, 1.54) is 32.1 Å². The average Bonchev–Trinajstić information content (AvgIpc) is 2.22. The maximum absolute atomic E-state index is 5.79. The molecule has 0 aromatic carbocycles. The molecular formula is C13H21N3. The molecule has 0 saturated carbocycles. The van der Waals surface area contributed by atoms with E-state index in [-0.39, 0.29) is 0 Å². The molecule has 3 nitrogen and oxygen atoms in total. The van der Waals surface area contributed by atoms with Crippen LogP contribution in [0, 0.1) is 6.92 Å². The van der Waals surface area contributed by atoms with Crippen molar-refractivity contribution in [1.82, 2.24) is 4.98 Å². The zero-order valence-corrected chi connectivity index (χ0v) is 10.1. The van der Waals surface area contributed by atoms with Gasteiger partial charge in [-0.2, -0.15) is 0 Å². The lowest BCUT2D eigenvalue weighted by atomic mass is 10.1. The summed E-state index contributed by atoms with van der Waals surface area (Å²) in [5, 5.41) is 0. The topological polar surface area (TPSA) is 42.2 Å². The summed E-state index contributed by atoms with van der Waals surface area (Å²) >= 11 is 0. The van der Waals surface area contributed by atoms with Gasteiger partial charge in [0.2, 0.25) is 0 Å². The van der Waals surface area contributed by atoms with E-state index in [0.717, 1.165) is 30.3 Å². The second kappa shape index (κ2) is 5.19. The number of nitrogens with zero attached hydrogens (tertiary/aromatic N) is 2. The van der Waals surface area contributed by atoms with Gasteiger partial charge in [-0.3, -0.25) is 0 Å². The Hall–Kier alpha value is -1.25. The summed E-state index contributed by atoms with van der Waals surface area (Å²) in [4.78, 5) is 6.96. The normalized spacial score (nSPS) is 17.9. The molecule has 1 aromatic heterocycles. The van der Waals surface area contributed by atoms with Crippen molar-refractivity contribution < 1.29 is 0 Å². The summed E-state index contributed by atoms with van der Waals surface area (Å²) in [5.41, 5.74) is 7.52. The van der Waals surface area contributed by atoms with Gasteiger partial charge in [0.1, 0.15) is 5.82 Å². The Bertz CT molecular complexity index is 341. The summed E-state index contributed by atoms with van der Waals surface area (Å²) in [5.74, 6) is 1.09. The van der Waals surface area contributed by atoms with E-state index < -0.39 is 0 Å². The van der Waals surface area contributed by atoms with Gasteiger partial charge in [-0.1, -0.05) is 19.3 Å². The highest BCUT2D eigenvalue weighted by atomic mass is 15.2. The third-order valence-corrected chi connectivity index (χ3v) is 3.29. The molecule has 0 unspecified atom stereocenters. The molecule has 1 aliphatic rings. The second-order valence-electron chi connectivity index (χ2n) is 4.60. The molecule has 0 radical (unpaired) electrons. The Kier molecular flexibility index (Phi) is 3.65. The summed E-state index contributed by atoms with van der Waals surface area (Å²) in [6.45, 7) is 4.25. The average molecular weight is 219 g/mol. The van der Waals surface area contributed by atoms with E-state index in [4.69, 9.17) is 5.73 Å². The lowest BCUT2D eigenvalue weighted by molar-refractivity contribution is 0.553. The second-order valence-corrected chi connectivity index (χ2v) is 4.60. The molecule has 2 N–H and O–H groups in total. The molecule has 0 spiro atoms. The Morgan fingerprint density at radius 3 is 2.31 bits per heavy atom. The van der Waals surface area contributed by atoms with Crippen LogP contribution >= 0.6 is 0 Å². The van der Waals surface area contributed by atoms with Crippen molar-refractivity contribution in [2.45, 2.75) is 39.0 Å². The molecule has 3 heteroatoms. The van der Waals surface area contributed by atoms with Gasteiger partial charge in [-0.05, 0) is 31.9 Å². The zero-order valence-electron chi connectivity index (χ0n) is 10.1. The maximum Gasteiger partial charge on any atom is 0.128 e. The molecular weight excluding hydrogens is 198 g/mol. The first-order valence-corrected chi connectivity index (χ1v) is 6.25. The molecule has 0 amide bonds. The van der Waals surface area contributed by atoms with Crippen LogP contribution in [0.15, 0.2) is 12.1 Å². The number of anilines is 2. The molecule has 88 valence electrons. The van der Waals surface area contributed by atoms with Crippen molar-refractivity contribution in [2.75, 3.05) is 23.7 Å². The highest BCUT2D eigenvalue weighted by Gasteiger charge is 2.10. The fraction of sp³-hybridized carbons (Fsp3) is 0.615. The standard InChI is InChI=1S/C13H21N3/c1-11-12(14)7-8-13(15-11)16-9-5-3-2-4-6-10-16/h7-8H,2-6,9-10,14H2,1H3. The van der Waals surface area contributed by atoms with E-state index in [9.17, 15) is 0 Å². The number of nitrogen functional groups attached to an aromatic ring is 1. The first-order chi connectivity index (χ1) is 7.77. The molecule has 1 saturated heterocycles. The van der Waals surface area contributed by atoms with Crippen molar-refractivity contribution in [2.24, 2.45) is 0 Å². The fourth-order valence-corrected chi connectivity index (χ4v) is 2.21. The van der Waals surface area contributed by atoms with Crippen molar-refractivity contribution in [3.05, 3.63) is 17.8 Å². The predicted octanol–water partition coefficient (Wildman–Crippen LogP) is 2.74. The van der Waals surface area contributed by atoms with Crippen molar-refractivity contribution >= 4 is 11.5 Å². The van der Waals surface area contributed by atoms with Crippen LogP contribution in [0.1, 0.15) is 37.8 Å². The highest BCUT2D eigenvalue weighted by molar-refractivity contribution is 5.50. The third kappa shape index (κ3) is 2.65. The predicted molar refractivity (Wildman–Crippen MR) is 68.7 cm³/mol. The van der Waals surface area contributed by atoms with Gasteiger partial charge in [-0.15, -0.1) is 0 Å². The van der Waals surface area contributed by atoms with Crippen molar-refractivity contribution in [3.8, 4) is 0 Å². The van der Waals surface area contributed by atoms with E-state index >= 15 is 0 Å². The molecule has 2 rings (SSSR count). The van der Waals surface area contributed by atoms with Crippen LogP contribution < -0.4 is 10.6 Å². The number of pyridine rings is 1. The van der Waals surface area contributed by atoms with Crippen LogP contribution in [-0.2, 0) is 0 Å². The minimum absolute atomic E-state index is 0.788. The van der Waals surface area contributed by atoms with Gasteiger partial charge in [-0.25, -0.2) is 4.98 Å². The van der Waals surface area contributed by atoms with Gasteiger partial charge in [0.15, 0.2) is 0 Å². The number of hydrogen-bond acceptors (Lipinski definition) is 3. The van der Waals surface area contributed by atoms with Crippen molar-refractivity contribution in [3.63, 3.8) is 0 Å². The minimum atomic E-state index is 0.788. The minimum Gasteiger partial charge on any atom is -0.397 e. The van der Waals surface area contributed by atoms with E-state index in [1.807, 2.05) is 19.1 Å². The molecule has 16 heavy (non-hydrogen) atoms. The number of nitrogens with two attached hydrogens (primary N) is 1. The molecule has 1 fully saturated rings. The Labute approximate surface area is 97.7 Å². The smallest absolute Gasteiger partial charge is 0.128 e. The fourth-order valence-electron chi connectivity index (χ4n) is 2.21. The number of aryl methyl sites for hydroxylation is 1. The quantitative estimate of drug-likeness (QED) is 0.789. The Morgan fingerprint density at radius 1 is 1.06 bits per heavy atom. The first-order valence-electron chi connectivity index (χ1n) is 6.25. The lowest BCUT2D eigenvalue weighted by Gasteiger charge is -2.26. The third-order valence-electron chi connectivity index (χ3n) is 3.29. The summed E-state index contributed by atoms with van der Waals surface area (Å²) in [6.07, 6.45) is 6.66. The van der Waals surface area contributed by atoms with Gasteiger partial charge >= 0.3 is 0 Å². The van der Waals surface area contributed by atoms with Crippen LogP contribution in [0.2, 0.25) is 0 Å². The molecule has 0 aliphatic carbocycles. The van der Waals surface area contributed by atoms with Crippen LogP contribution in [0.4, 0.5) is 11.5 Å². The summed E-state index contributed by atoms with van der Waals surface area (Å²) in [6, 6.07) is 4.01. The first kappa shape index (κ1) is 11.2. The largest absolute Gasteiger partial charge is 0.397 e. The van der Waals surface area contributed by atoms with E-state index in [2.05, 4.69) is 9.88 Å². The molecule has 2 heterocycles. The molecule has 1 aromatic rings. The summed E-state index contributed by atoms with van der Waals surface area (Å²) < 4.78 is 0. The van der Waals surface area contributed by atoms with Crippen molar-refractivity contribution in [1.29, 1.82) is 0 Å². The van der Waals surface area contributed by atoms with Crippen LogP contribution in [0.25, 0.3) is 0 Å². The number of rotatable bonds is 1. The van der Waals surface area contributed by atoms with E-state index in [0.29, 0.717) is 0 Å². The van der Waals surface area contributed by atoms with Crippen LogP contribution in [0.5, 0.6) is 0 Å². The molecule has 1 aliphatic heterocycles. The van der Waals surface area contributed by atoms with Gasteiger partial charge in [0.25, 0.3) is 0 Å². The van der Waals surface area contributed by atoms with Gasteiger partial charge in [0, 0.05) is 13.1 Å². The summed E-state index contributed by atoms with van der Waals surface area (Å²) in [7, 11) is 0. The number of aromatic nitrogens is 1. The highest BCUT2D eigenvalue weighted by Crippen LogP contribution is 2.19. The Morgan fingerprint density at radius 2 is 1.69 bits per heavy atom. The molecule has 0 bridgehead atoms. The number of hydrogen-bond donors (Lipinski definition) is 1. The monoisotopic (exact) mass is 219 g/mol. The van der Waals surface area contributed by atoms with E-state index in [1.54, 1.807) is 0 Å². The molecule has 0 atom stereocenters. The van der Waals surface area contributed by atoms with Gasteiger partial charge < -0.3 is 10.6 Å². The SMILES string of the molecule is Cc1nc(N2CCCCCCC2)ccc1N. The van der Waals surface area contributed by atoms with Gasteiger partial charge in [0.05, 0.1) is 11.4 Å².